The third-order valence-electron chi connectivity index (χ3n) is 3.84. The molecule has 0 spiro atoms. The number of rotatable bonds is 7. The van der Waals surface area contributed by atoms with Crippen LogP contribution < -0.4 is 0 Å². The van der Waals surface area contributed by atoms with E-state index in [1.807, 2.05) is 0 Å². The van der Waals surface area contributed by atoms with Crippen molar-refractivity contribution in [2.75, 3.05) is 26.3 Å². The largest absolute Gasteiger partial charge is 0.379 e. The Kier molecular flexibility index (Phi) is 5.89. The molecular weight excluding hydrogens is 394 g/mol. The van der Waals surface area contributed by atoms with Crippen LogP contribution in [0.1, 0.15) is 0 Å². The number of aromatic nitrogens is 3. The monoisotopic (exact) mass is 411 g/mol. The Morgan fingerprint density at radius 2 is 2.11 bits per heavy atom. The SMILES string of the molecule is C=CCn1cnnc1Sc1ccc(S(=O)(=O)N2CCOCC2)cc1[N+](=O)[O-]. The van der Waals surface area contributed by atoms with Gasteiger partial charge < -0.3 is 9.30 Å². The second-order valence-electron chi connectivity index (χ2n) is 5.56. The van der Waals surface area contributed by atoms with Gasteiger partial charge >= 0.3 is 0 Å². The lowest BCUT2D eigenvalue weighted by atomic mass is 10.3. The van der Waals surface area contributed by atoms with Crippen LogP contribution in [0.15, 0.2) is 52.1 Å². The Morgan fingerprint density at radius 1 is 1.37 bits per heavy atom. The predicted molar refractivity (Wildman–Crippen MR) is 97.0 cm³/mol. The van der Waals surface area contributed by atoms with Crippen molar-refractivity contribution in [1.29, 1.82) is 0 Å². The summed E-state index contributed by atoms with van der Waals surface area (Å²) in [5, 5.41) is 19.7. The summed E-state index contributed by atoms with van der Waals surface area (Å²) in [6.07, 6.45) is 3.15. The van der Waals surface area contributed by atoms with E-state index < -0.39 is 14.9 Å². The number of allylic oxidation sites excluding steroid dienone is 1. The van der Waals surface area contributed by atoms with E-state index in [2.05, 4.69) is 16.8 Å². The Balaban J connectivity index is 1.94. The van der Waals surface area contributed by atoms with E-state index in [9.17, 15) is 18.5 Å². The zero-order valence-electron chi connectivity index (χ0n) is 14.2. The van der Waals surface area contributed by atoms with Gasteiger partial charge in [-0.25, -0.2) is 8.42 Å². The number of hydrogen-bond donors (Lipinski definition) is 0. The van der Waals surface area contributed by atoms with Gasteiger partial charge in [0.2, 0.25) is 10.0 Å². The topological polar surface area (TPSA) is 120 Å². The van der Waals surface area contributed by atoms with Crippen LogP contribution in [-0.4, -0.2) is 58.7 Å². The Bertz CT molecular complexity index is 953. The van der Waals surface area contributed by atoms with Crippen molar-refractivity contribution in [2.24, 2.45) is 0 Å². The van der Waals surface area contributed by atoms with Crippen LogP contribution in [0.3, 0.4) is 0 Å². The van der Waals surface area contributed by atoms with Crippen LogP contribution in [0.5, 0.6) is 0 Å². The van der Waals surface area contributed by atoms with Crippen LogP contribution in [0.25, 0.3) is 0 Å². The number of benzene rings is 1. The average molecular weight is 411 g/mol. The maximum Gasteiger partial charge on any atom is 0.284 e. The van der Waals surface area contributed by atoms with Crippen molar-refractivity contribution in [1.82, 2.24) is 19.1 Å². The highest BCUT2D eigenvalue weighted by Gasteiger charge is 2.29. The van der Waals surface area contributed by atoms with Crippen LogP contribution >= 0.6 is 11.8 Å². The highest BCUT2D eigenvalue weighted by molar-refractivity contribution is 7.99. The molecule has 27 heavy (non-hydrogen) atoms. The summed E-state index contributed by atoms with van der Waals surface area (Å²) in [6.45, 7) is 5.13. The lowest BCUT2D eigenvalue weighted by Gasteiger charge is -2.26. The van der Waals surface area contributed by atoms with Crippen molar-refractivity contribution in [3.63, 3.8) is 0 Å². The van der Waals surface area contributed by atoms with Crippen molar-refractivity contribution < 1.29 is 18.1 Å². The fourth-order valence-electron chi connectivity index (χ4n) is 2.51. The molecule has 10 nitrogen and oxygen atoms in total. The van der Waals surface area contributed by atoms with Crippen molar-refractivity contribution in [2.45, 2.75) is 21.5 Å². The molecule has 1 aromatic carbocycles. The molecule has 0 saturated carbocycles. The maximum atomic E-state index is 12.7. The van der Waals surface area contributed by atoms with Crippen molar-refractivity contribution in [3.8, 4) is 0 Å². The molecule has 1 saturated heterocycles. The molecule has 1 aliphatic heterocycles. The summed E-state index contributed by atoms with van der Waals surface area (Å²) in [4.78, 5) is 11.1. The second-order valence-corrected chi connectivity index (χ2v) is 8.51. The van der Waals surface area contributed by atoms with E-state index in [0.717, 1.165) is 17.8 Å². The number of hydrogen-bond acceptors (Lipinski definition) is 8. The van der Waals surface area contributed by atoms with Gasteiger partial charge in [0.1, 0.15) is 6.33 Å². The van der Waals surface area contributed by atoms with Crippen LogP contribution in [0.2, 0.25) is 0 Å². The van der Waals surface area contributed by atoms with Gasteiger partial charge in [-0.15, -0.1) is 16.8 Å². The minimum absolute atomic E-state index is 0.118. The summed E-state index contributed by atoms with van der Waals surface area (Å²) < 4.78 is 33.6. The molecule has 0 radical (unpaired) electrons. The molecule has 0 atom stereocenters. The van der Waals surface area contributed by atoms with Crippen molar-refractivity contribution >= 4 is 27.5 Å². The summed E-state index contributed by atoms with van der Waals surface area (Å²) in [5.41, 5.74) is -0.303. The zero-order chi connectivity index (χ0) is 19.4. The summed E-state index contributed by atoms with van der Waals surface area (Å²) in [7, 11) is -3.82. The molecule has 2 aromatic rings. The standard InChI is InChI=1S/C15H17N5O5S2/c1-2-5-18-11-16-17-15(18)26-14-4-3-12(10-13(14)20(21)22)27(23,24)19-6-8-25-9-7-19/h2-4,10-11H,1,5-9H2. The normalized spacial score (nSPS) is 15.6. The first-order chi connectivity index (χ1) is 12.9. The third kappa shape index (κ3) is 4.18. The number of nitrogens with zero attached hydrogens (tertiary/aromatic N) is 5. The molecule has 12 heteroatoms. The quantitative estimate of drug-likeness (QED) is 0.382. The molecule has 0 unspecified atom stereocenters. The first-order valence-electron chi connectivity index (χ1n) is 7.96. The van der Waals surface area contributed by atoms with E-state index in [0.29, 0.717) is 24.9 Å². The maximum absolute atomic E-state index is 12.7. The van der Waals surface area contributed by atoms with Crippen LogP contribution in [0, 0.1) is 10.1 Å². The highest BCUT2D eigenvalue weighted by atomic mass is 32.2. The average Bonchev–Trinajstić information content (AvgIpc) is 3.09. The summed E-state index contributed by atoms with van der Waals surface area (Å²) in [6, 6.07) is 3.87. The Hall–Kier alpha value is -2.28. The fraction of sp³-hybridized carbons (Fsp3) is 0.333. The van der Waals surface area contributed by atoms with Gasteiger partial charge in [0.25, 0.3) is 5.69 Å². The van der Waals surface area contributed by atoms with Crippen LogP contribution in [-0.2, 0) is 21.3 Å². The molecule has 1 fully saturated rings. The number of ether oxygens (including phenoxy) is 1. The van der Waals surface area contributed by atoms with Gasteiger partial charge in [-0.1, -0.05) is 6.08 Å². The smallest absolute Gasteiger partial charge is 0.284 e. The third-order valence-corrected chi connectivity index (χ3v) is 6.80. The lowest BCUT2D eigenvalue weighted by molar-refractivity contribution is -0.388. The zero-order valence-corrected chi connectivity index (χ0v) is 15.9. The van der Waals surface area contributed by atoms with E-state index in [4.69, 9.17) is 4.74 Å². The van der Waals surface area contributed by atoms with E-state index in [-0.39, 0.29) is 28.6 Å². The molecule has 3 rings (SSSR count). The Labute approximate surface area is 160 Å². The van der Waals surface area contributed by atoms with Gasteiger partial charge in [0.15, 0.2) is 5.16 Å². The molecule has 0 bridgehead atoms. The molecule has 2 heterocycles. The highest BCUT2D eigenvalue weighted by Crippen LogP contribution is 2.35. The summed E-state index contributed by atoms with van der Waals surface area (Å²) in [5.74, 6) is 0. The lowest BCUT2D eigenvalue weighted by Crippen LogP contribution is -2.40. The summed E-state index contributed by atoms with van der Waals surface area (Å²) >= 11 is 1.04. The minimum Gasteiger partial charge on any atom is -0.379 e. The molecule has 144 valence electrons. The number of nitro benzene ring substituents is 1. The van der Waals surface area contributed by atoms with E-state index >= 15 is 0 Å². The minimum atomic E-state index is -3.82. The molecule has 0 amide bonds. The van der Waals surface area contributed by atoms with Gasteiger partial charge in [0.05, 0.1) is 27.9 Å². The van der Waals surface area contributed by atoms with Crippen molar-refractivity contribution in [3.05, 3.63) is 47.3 Å². The van der Waals surface area contributed by atoms with E-state index in [1.54, 1.807) is 10.6 Å². The second kappa shape index (κ2) is 8.17. The van der Waals surface area contributed by atoms with Gasteiger partial charge in [0, 0.05) is 25.7 Å². The fourth-order valence-corrected chi connectivity index (χ4v) is 4.83. The van der Waals surface area contributed by atoms with Crippen LogP contribution in [0.4, 0.5) is 5.69 Å². The number of morpholine rings is 1. The Morgan fingerprint density at radius 3 is 2.78 bits per heavy atom. The molecule has 1 aromatic heterocycles. The van der Waals surface area contributed by atoms with Gasteiger partial charge in [-0.05, 0) is 23.9 Å². The molecule has 0 N–H and O–H groups in total. The van der Waals surface area contributed by atoms with E-state index in [1.165, 1.54) is 22.8 Å². The van der Waals surface area contributed by atoms with Gasteiger partial charge in [-0.3, -0.25) is 10.1 Å². The number of sulfonamides is 1. The first kappa shape index (κ1) is 19.5. The molecular formula is C15H17N5O5S2. The molecule has 0 aliphatic carbocycles. The molecule has 1 aliphatic rings. The van der Waals surface area contributed by atoms with Gasteiger partial charge in [-0.2, -0.15) is 4.31 Å². The first-order valence-corrected chi connectivity index (χ1v) is 10.2. The predicted octanol–water partition coefficient (Wildman–Crippen LogP) is 1.54. The number of nitro groups is 1.